The quantitative estimate of drug-likeness (QED) is 0.302. The number of thioether (sulfide) groups is 1. The van der Waals surface area contributed by atoms with E-state index < -0.39 is 0 Å². The molecule has 0 saturated carbocycles. The molecule has 3 rings (SSSR count). The fourth-order valence-corrected chi connectivity index (χ4v) is 6.45. The molecule has 156 valence electrons. The summed E-state index contributed by atoms with van der Waals surface area (Å²) in [6.45, 7) is 0.200. The van der Waals surface area contributed by atoms with Crippen molar-refractivity contribution in [3.05, 3.63) is 60.3 Å². The van der Waals surface area contributed by atoms with Crippen LogP contribution in [0.15, 0.2) is 54.7 Å². The minimum absolute atomic E-state index is 0.114. The van der Waals surface area contributed by atoms with Gasteiger partial charge < -0.3 is 10.1 Å². The van der Waals surface area contributed by atoms with Crippen molar-refractivity contribution in [1.29, 1.82) is 0 Å². The Bertz CT molecular complexity index is 1040. The summed E-state index contributed by atoms with van der Waals surface area (Å²) in [4.78, 5) is 27.2. The summed E-state index contributed by atoms with van der Waals surface area (Å²) in [6, 6.07) is 11.1. The molecule has 1 saturated heterocycles. The highest BCUT2D eigenvalue weighted by Crippen LogP contribution is 2.36. The van der Waals surface area contributed by atoms with Crippen molar-refractivity contribution < 1.29 is 14.3 Å². The Balaban J connectivity index is 1.66. The highest BCUT2D eigenvalue weighted by molar-refractivity contribution is 9.11. The van der Waals surface area contributed by atoms with Gasteiger partial charge in [-0.15, -0.1) is 0 Å². The second kappa shape index (κ2) is 10.4. The second-order valence-electron chi connectivity index (χ2n) is 6.12. The minimum Gasteiger partial charge on any atom is -0.496 e. The van der Waals surface area contributed by atoms with Gasteiger partial charge in [0.1, 0.15) is 10.1 Å². The van der Waals surface area contributed by atoms with Gasteiger partial charge in [-0.2, -0.15) is 0 Å². The number of benzene rings is 2. The Morgan fingerprint density at radius 1 is 1.23 bits per heavy atom. The first kappa shape index (κ1) is 23.5. The van der Waals surface area contributed by atoms with E-state index in [0.717, 1.165) is 19.0 Å². The van der Waals surface area contributed by atoms with Crippen molar-refractivity contribution in [3.63, 3.8) is 0 Å². The Morgan fingerprint density at radius 3 is 2.57 bits per heavy atom. The summed E-state index contributed by atoms with van der Waals surface area (Å²) >= 11 is 16.8. The summed E-state index contributed by atoms with van der Waals surface area (Å²) < 4.78 is 8.11. The molecule has 30 heavy (non-hydrogen) atoms. The molecule has 2 amide bonds. The predicted octanol–water partition coefficient (Wildman–Crippen LogP) is 6.21. The van der Waals surface area contributed by atoms with Gasteiger partial charge in [0, 0.05) is 31.9 Å². The first-order valence-corrected chi connectivity index (χ1v) is 12.2. The zero-order chi connectivity index (χ0) is 21.8. The molecule has 0 unspecified atom stereocenters. The molecule has 0 spiro atoms. The van der Waals surface area contributed by atoms with E-state index in [0.29, 0.717) is 20.7 Å². The van der Waals surface area contributed by atoms with Gasteiger partial charge in [0.2, 0.25) is 5.91 Å². The maximum atomic E-state index is 12.8. The number of thiocarbonyl (C=S) groups is 1. The maximum absolute atomic E-state index is 12.8. The third-order valence-corrected chi connectivity index (χ3v) is 7.22. The van der Waals surface area contributed by atoms with Crippen molar-refractivity contribution in [1.82, 2.24) is 4.90 Å². The van der Waals surface area contributed by atoms with Gasteiger partial charge in [-0.1, -0.05) is 58.1 Å². The lowest BCUT2D eigenvalue weighted by Crippen LogP contribution is -2.31. The van der Waals surface area contributed by atoms with Gasteiger partial charge in [0.25, 0.3) is 5.91 Å². The summed E-state index contributed by atoms with van der Waals surface area (Å²) in [7, 11) is 1.58. The molecular formula is C20H15Br3N2O3S2. The smallest absolute Gasteiger partial charge is 0.266 e. The number of nitrogens with zero attached hydrogens (tertiary/aromatic N) is 1. The number of rotatable bonds is 6. The van der Waals surface area contributed by atoms with Crippen LogP contribution in [0.25, 0.3) is 6.08 Å². The van der Waals surface area contributed by atoms with Crippen LogP contribution in [0.5, 0.6) is 5.75 Å². The molecular weight excluding hydrogens is 620 g/mol. The van der Waals surface area contributed by atoms with Crippen LogP contribution in [0.2, 0.25) is 0 Å². The number of ether oxygens (including phenoxy) is 1. The summed E-state index contributed by atoms with van der Waals surface area (Å²) in [5, 5.41) is 2.85. The maximum Gasteiger partial charge on any atom is 0.266 e. The zero-order valence-corrected chi connectivity index (χ0v) is 22.0. The molecule has 2 aromatic carbocycles. The van der Waals surface area contributed by atoms with E-state index in [4.69, 9.17) is 17.0 Å². The van der Waals surface area contributed by atoms with Crippen LogP contribution in [0.4, 0.5) is 5.69 Å². The van der Waals surface area contributed by atoms with Gasteiger partial charge in [0.05, 0.1) is 17.7 Å². The lowest BCUT2D eigenvalue weighted by atomic mass is 10.2. The number of hydrogen-bond acceptors (Lipinski definition) is 5. The standard InChI is InChI=1S/C20H15Br3N2O3S2/c1-28-15-5-3-2-4-11(15)8-16-19(27)25(20(29)30-16)7-6-17(26)24-18-13(22)9-12(21)10-14(18)23/h2-5,8-10H,6-7H2,1H3,(H,24,26). The average molecular weight is 635 g/mol. The Kier molecular flexibility index (Phi) is 8.14. The van der Waals surface area contributed by atoms with Gasteiger partial charge in [-0.25, -0.2) is 0 Å². The van der Waals surface area contributed by atoms with E-state index >= 15 is 0 Å². The van der Waals surface area contributed by atoms with Crippen molar-refractivity contribution in [3.8, 4) is 5.75 Å². The summed E-state index contributed by atoms with van der Waals surface area (Å²) in [6.07, 6.45) is 1.87. The molecule has 1 aliphatic rings. The topological polar surface area (TPSA) is 58.6 Å². The first-order valence-electron chi connectivity index (χ1n) is 8.63. The van der Waals surface area contributed by atoms with Gasteiger partial charge in [0.15, 0.2) is 0 Å². The Morgan fingerprint density at radius 2 is 1.90 bits per heavy atom. The number of carbonyl (C=O) groups is 2. The van der Waals surface area contributed by atoms with Crippen LogP contribution in [-0.4, -0.2) is 34.7 Å². The third-order valence-electron chi connectivity index (χ3n) is 4.13. The lowest BCUT2D eigenvalue weighted by Gasteiger charge is -2.15. The highest BCUT2D eigenvalue weighted by Gasteiger charge is 2.32. The van der Waals surface area contributed by atoms with Crippen LogP contribution >= 0.6 is 71.8 Å². The highest BCUT2D eigenvalue weighted by atomic mass is 79.9. The van der Waals surface area contributed by atoms with Crippen LogP contribution in [-0.2, 0) is 9.59 Å². The van der Waals surface area contributed by atoms with E-state index in [9.17, 15) is 9.59 Å². The van der Waals surface area contributed by atoms with E-state index in [1.165, 1.54) is 16.7 Å². The minimum atomic E-state index is -0.221. The van der Waals surface area contributed by atoms with Crippen molar-refractivity contribution in [2.75, 3.05) is 19.0 Å². The molecule has 0 aliphatic carbocycles. The molecule has 5 nitrogen and oxygen atoms in total. The number of anilines is 1. The molecule has 0 radical (unpaired) electrons. The third kappa shape index (κ3) is 5.53. The second-order valence-corrected chi connectivity index (χ2v) is 10.4. The zero-order valence-electron chi connectivity index (χ0n) is 15.6. The number of halogens is 3. The molecule has 1 aliphatic heterocycles. The molecule has 10 heteroatoms. The Hall–Kier alpha value is -1.20. The largest absolute Gasteiger partial charge is 0.496 e. The first-order chi connectivity index (χ1) is 14.3. The van der Waals surface area contributed by atoms with Crippen molar-refractivity contribution >= 4 is 99.7 Å². The van der Waals surface area contributed by atoms with Crippen LogP contribution in [0.3, 0.4) is 0 Å². The monoisotopic (exact) mass is 632 g/mol. The van der Waals surface area contributed by atoms with Crippen LogP contribution < -0.4 is 10.1 Å². The molecule has 1 N–H and O–H groups in total. The number of methoxy groups -OCH3 is 1. The normalized spacial score (nSPS) is 15.1. The van der Waals surface area contributed by atoms with E-state index in [1.807, 2.05) is 36.4 Å². The van der Waals surface area contributed by atoms with Gasteiger partial charge in [-0.05, 0) is 56.1 Å². The summed E-state index contributed by atoms with van der Waals surface area (Å²) in [5.41, 5.74) is 1.42. The molecule has 1 fully saturated rings. The fourth-order valence-electron chi connectivity index (χ4n) is 2.70. The summed E-state index contributed by atoms with van der Waals surface area (Å²) in [5.74, 6) is 0.240. The molecule has 2 aromatic rings. The van der Waals surface area contributed by atoms with Crippen LogP contribution in [0.1, 0.15) is 12.0 Å². The number of para-hydroxylation sites is 1. The van der Waals surface area contributed by atoms with E-state index in [2.05, 4.69) is 53.1 Å². The molecule has 0 atom stereocenters. The van der Waals surface area contributed by atoms with Crippen molar-refractivity contribution in [2.45, 2.75) is 6.42 Å². The fraction of sp³-hybridized carbons (Fsp3) is 0.150. The SMILES string of the molecule is COc1ccccc1C=C1SC(=S)N(CCC(=O)Nc2c(Br)cc(Br)cc2Br)C1=O. The van der Waals surface area contributed by atoms with Gasteiger partial charge in [-0.3, -0.25) is 14.5 Å². The van der Waals surface area contributed by atoms with E-state index in [-0.39, 0.29) is 24.8 Å². The lowest BCUT2D eigenvalue weighted by molar-refractivity contribution is -0.122. The molecule has 1 heterocycles. The predicted molar refractivity (Wildman–Crippen MR) is 136 cm³/mol. The molecule has 0 aromatic heterocycles. The van der Waals surface area contributed by atoms with Gasteiger partial charge >= 0.3 is 0 Å². The number of amides is 2. The van der Waals surface area contributed by atoms with E-state index in [1.54, 1.807) is 13.2 Å². The Labute approximate surface area is 209 Å². The number of nitrogens with one attached hydrogen (secondary N) is 1. The number of carbonyl (C=O) groups excluding carboxylic acids is 2. The molecule has 0 bridgehead atoms. The van der Waals surface area contributed by atoms with Crippen molar-refractivity contribution in [2.24, 2.45) is 0 Å². The van der Waals surface area contributed by atoms with Crippen LogP contribution in [0, 0.1) is 0 Å². The number of hydrogen-bond donors (Lipinski definition) is 1. The average Bonchev–Trinajstić information content (AvgIpc) is 2.96.